The van der Waals surface area contributed by atoms with Gasteiger partial charge in [0, 0.05) is 45.8 Å². The van der Waals surface area contributed by atoms with Crippen LogP contribution >= 0.6 is 0 Å². The lowest BCUT2D eigenvalue weighted by molar-refractivity contribution is -0.147. The van der Waals surface area contributed by atoms with Gasteiger partial charge in [0.05, 0.1) is 18.6 Å². The van der Waals surface area contributed by atoms with Crippen molar-refractivity contribution in [3.8, 4) is 0 Å². The van der Waals surface area contributed by atoms with Gasteiger partial charge in [0.1, 0.15) is 0 Å². The monoisotopic (exact) mass is 357 g/mol. The summed E-state index contributed by atoms with van der Waals surface area (Å²) >= 11 is 0. The summed E-state index contributed by atoms with van der Waals surface area (Å²) in [6.45, 7) is 8.34. The average Bonchev–Trinajstić information content (AvgIpc) is 2.66. The predicted molar refractivity (Wildman–Crippen MR) is 102 cm³/mol. The Hall–Kier alpha value is -1.43. The van der Waals surface area contributed by atoms with E-state index in [1.807, 2.05) is 6.07 Å². The van der Waals surface area contributed by atoms with Gasteiger partial charge in [-0.05, 0) is 30.7 Å². The molecule has 0 saturated carbocycles. The van der Waals surface area contributed by atoms with Gasteiger partial charge in [0.25, 0.3) is 0 Å². The van der Waals surface area contributed by atoms with Crippen LogP contribution < -0.4 is 5.32 Å². The molecular formula is C21H31N3O2. The van der Waals surface area contributed by atoms with Gasteiger partial charge < -0.3 is 15.0 Å². The SMILES string of the molecule is O=C(N1CCCC(CN2CCOCC2)C1)C1(Cc2ccccc2)CNC1. The van der Waals surface area contributed by atoms with Crippen molar-refractivity contribution in [3.63, 3.8) is 0 Å². The highest BCUT2D eigenvalue weighted by atomic mass is 16.5. The average molecular weight is 357 g/mol. The van der Waals surface area contributed by atoms with E-state index in [0.29, 0.717) is 11.8 Å². The van der Waals surface area contributed by atoms with Crippen LogP contribution in [0.1, 0.15) is 18.4 Å². The highest BCUT2D eigenvalue weighted by Gasteiger charge is 2.47. The molecule has 3 heterocycles. The zero-order valence-corrected chi connectivity index (χ0v) is 15.7. The zero-order chi connectivity index (χ0) is 17.8. The Morgan fingerprint density at radius 3 is 2.62 bits per heavy atom. The number of ether oxygens (including phenoxy) is 1. The second-order valence-corrected chi connectivity index (χ2v) is 8.22. The number of carbonyl (C=O) groups excluding carboxylic acids is 1. The number of nitrogens with zero attached hydrogens (tertiary/aromatic N) is 2. The molecule has 142 valence electrons. The molecule has 1 N–H and O–H groups in total. The standard InChI is InChI=1S/C21H31N3O2/c25-20(21(16-22-17-21)13-18-5-2-1-3-6-18)24-8-4-7-19(15-24)14-23-9-11-26-12-10-23/h1-3,5-6,19,22H,4,7-17H2. The molecule has 1 atom stereocenters. The van der Waals surface area contributed by atoms with Crippen molar-refractivity contribution in [2.45, 2.75) is 19.3 Å². The summed E-state index contributed by atoms with van der Waals surface area (Å²) in [7, 11) is 0. The summed E-state index contributed by atoms with van der Waals surface area (Å²) < 4.78 is 5.46. The molecule has 0 aliphatic carbocycles. The smallest absolute Gasteiger partial charge is 0.231 e. The zero-order valence-electron chi connectivity index (χ0n) is 15.7. The minimum atomic E-state index is -0.234. The maximum Gasteiger partial charge on any atom is 0.231 e. The molecular weight excluding hydrogens is 326 g/mol. The van der Waals surface area contributed by atoms with Crippen molar-refractivity contribution in [1.82, 2.24) is 15.1 Å². The molecule has 3 aliphatic heterocycles. The van der Waals surface area contributed by atoms with E-state index in [2.05, 4.69) is 39.4 Å². The van der Waals surface area contributed by atoms with E-state index in [0.717, 1.165) is 71.9 Å². The van der Waals surface area contributed by atoms with Crippen LogP contribution in [0.4, 0.5) is 0 Å². The third-order valence-electron chi connectivity index (χ3n) is 6.19. The van der Waals surface area contributed by atoms with Gasteiger partial charge >= 0.3 is 0 Å². The molecule has 0 spiro atoms. The Bertz CT molecular complexity index is 597. The lowest BCUT2D eigenvalue weighted by atomic mass is 9.74. The fourth-order valence-corrected chi connectivity index (χ4v) is 4.65. The van der Waals surface area contributed by atoms with Crippen molar-refractivity contribution >= 4 is 5.91 Å². The highest BCUT2D eigenvalue weighted by Crippen LogP contribution is 2.32. The number of rotatable bonds is 5. The predicted octanol–water partition coefficient (Wildman–Crippen LogP) is 1.39. The van der Waals surface area contributed by atoms with Crippen molar-refractivity contribution in [2.75, 3.05) is 59.0 Å². The van der Waals surface area contributed by atoms with Crippen LogP contribution in [-0.4, -0.2) is 74.7 Å². The minimum absolute atomic E-state index is 0.234. The van der Waals surface area contributed by atoms with Crippen LogP contribution in [0, 0.1) is 11.3 Å². The Labute approximate surface area is 156 Å². The van der Waals surface area contributed by atoms with E-state index in [1.165, 1.54) is 12.0 Å². The van der Waals surface area contributed by atoms with Crippen molar-refractivity contribution in [2.24, 2.45) is 11.3 Å². The molecule has 1 amide bonds. The third-order valence-corrected chi connectivity index (χ3v) is 6.19. The van der Waals surface area contributed by atoms with E-state index in [1.54, 1.807) is 0 Å². The second-order valence-electron chi connectivity index (χ2n) is 8.22. The summed E-state index contributed by atoms with van der Waals surface area (Å²) in [6, 6.07) is 10.5. The number of likely N-dealkylation sites (tertiary alicyclic amines) is 1. The molecule has 26 heavy (non-hydrogen) atoms. The first kappa shape index (κ1) is 18.0. The summed E-state index contributed by atoms with van der Waals surface area (Å²) in [5, 5.41) is 3.35. The number of hydrogen-bond donors (Lipinski definition) is 1. The number of amides is 1. The number of benzene rings is 1. The fraction of sp³-hybridized carbons (Fsp3) is 0.667. The summed E-state index contributed by atoms with van der Waals surface area (Å²) in [6.07, 6.45) is 3.23. The van der Waals surface area contributed by atoms with E-state index >= 15 is 0 Å². The topological polar surface area (TPSA) is 44.8 Å². The van der Waals surface area contributed by atoms with Crippen molar-refractivity contribution < 1.29 is 9.53 Å². The number of piperidine rings is 1. The summed E-state index contributed by atoms with van der Waals surface area (Å²) in [4.78, 5) is 18.1. The van der Waals surface area contributed by atoms with E-state index in [4.69, 9.17) is 4.74 Å². The first-order chi connectivity index (χ1) is 12.8. The lowest BCUT2D eigenvalue weighted by Gasteiger charge is -2.46. The van der Waals surface area contributed by atoms with E-state index < -0.39 is 0 Å². The van der Waals surface area contributed by atoms with Crippen molar-refractivity contribution in [1.29, 1.82) is 0 Å². The molecule has 1 aromatic carbocycles. The van der Waals surface area contributed by atoms with Crippen LogP contribution in [0.5, 0.6) is 0 Å². The molecule has 3 saturated heterocycles. The number of nitrogens with one attached hydrogen (secondary N) is 1. The van der Waals surface area contributed by atoms with Crippen LogP contribution in [0.25, 0.3) is 0 Å². The van der Waals surface area contributed by atoms with Gasteiger partial charge in [0.2, 0.25) is 5.91 Å². The van der Waals surface area contributed by atoms with Crippen molar-refractivity contribution in [3.05, 3.63) is 35.9 Å². The molecule has 5 nitrogen and oxygen atoms in total. The van der Waals surface area contributed by atoms with Gasteiger partial charge in [-0.25, -0.2) is 0 Å². The third kappa shape index (κ3) is 3.95. The van der Waals surface area contributed by atoms with Gasteiger partial charge in [-0.15, -0.1) is 0 Å². The number of morpholine rings is 1. The molecule has 3 fully saturated rings. The van der Waals surface area contributed by atoms with Gasteiger partial charge in [-0.3, -0.25) is 9.69 Å². The van der Waals surface area contributed by atoms with Crippen LogP contribution in [-0.2, 0) is 16.0 Å². The molecule has 0 aromatic heterocycles. The highest BCUT2D eigenvalue weighted by molar-refractivity contribution is 5.85. The van der Waals surface area contributed by atoms with Gasteiger partial charge in [-0.1, -0.05) is 30.3 Å². The molecule has 5 heteroatoms. The quantitative estimate of drug-likeness (QED) is 0.865. The maximum absolute atomic E-state index is 13.4. The lowest BCUT2D eigenvalue weighted by Crippen LogP contribution is -2.64. The van der Waals surface area contributed by atoms with Gasteiger partial charge in [-0.2, -0.15) is 0 Å². The van der Waals surface area contributed by atoms with Crippen LogP contribution in [0.3, 0.4) is 0 Å². The number of hydrogen-bond acceptors (Lipinski definition) is 4. The fourth-order valence-electron chi connectivity index (χ4n) is 4.65. The Balaban J connectivity index is 1.38. The van der Waals surface area contributed by atoms with E-state index in [-0.39, 0.29) is 5.41 Å². The molecule has 1 unspecified atom stereocenters. The molecule has 1 aromatic rings. The largest absolute Gasteiger partial charge is 0.379 e. The molecule has 4 rings (SSSR count). The Morgan fingerprint density at radius 1 is 1.15 bits per heavy atom. The first-order valence-corrected chi connectivity index (χ1v) is 10.1. The summed E-state index contributed by atoms with van der Waals surface area (Å²) in [5.74, 6) is 0.972. The van der Waals surface area contributed by atoms with Crippen LogP contribution in [0.15, 0.2) is 30.3 Å². The molecule has 0 bridgehead atoms. The molecule has 3 aliphatic rings. The Kier molecular flexibility index (Phi) is 5.57. The normalized spacial score (nSPS) is 26.3. The number of carbonyl (C=O) groups is 1. The molecule has 0 radical (unpaired) electrons. The summed E-state index contributed by atoms with van der Waals surface area (Å²) in [5.41, 5.74) is 1.03. The van der Waals surface area contributed by atoms with Gasteiger partial charge in [0.15, 0.2) is 0 Å². The Morgan fingerprint density at radius 2 is 1.92 bits per heavy atom. The minimum Gasteiger partial charge on any atom is -0.379 e. The second kappa shape index (κ2) is 8.07. The first-order valence-electron chi connectivity index (χ1n) is 10.1. The van der Waals surface area contributed by atoms with E-state index in [9.17, 15) is 4.79 Å². The van der Waals surface area contributed by atoms with Crippen LogP contribution in [0.2, 0.25) is 0 Å². The maximum atomic E-state index is 13.4.